The lowest BCUT2D eigenvalue weighted by atomic mass is 9.97. The van der Waals surface area contributed by atoms with E-state index in [0.29, 0.717) is 21.6 Å². The first kappa shape index (κ1) is 16.4. The van der Waals surface area contributed by atoms with E-state index in [1.54, 1.807) is 19.1 Å². The van der Waals surface area contributed by atoms with Crippen molar-refractivity contribution in [3.05, 3.63) is 68.2 Å². The summed E-state index contributed by atoms with van der Waals surface area (Å²) in [5.74, 6) is -0.653. The molecular weight excluding hydrogens is 360 g/mol. The topological polar surface area (TPSA) is 12.0 Å². The van der Waals surface area contributed by atoms with Gasteiger partial charge in [-0.25, -0.2) is 8.78 Å². The summed E-state index contributed by atoms with van der Waals surface area (Å²) in [6.45, 7) is 4.35. The van der Waals surface area contributed by atoms with E-state index >= 15 is 0 Å². The molecule has 112 valence electrons. The number of hydrogen-bond acceptors (Lipinski definition) is 1. The minimum atomic E-state index is -0.336. The van der Waals surface area contributed by atoms with Crippen molar-refractivity contribution >= 4 is 27.5 Å². The van der Waals surface area contributed by atoms with Crippen molar-refractivity contribution in [3.8, 4) is 0 Å². The maximum atomic E-state index is 13.6. The van der Waals surface area contributed by atoms with Crippen molar-refractivity contribution in [2.45, 2.75) is 19.9 Å². The van der Waals surface area contributed by atoms with Crippen molar-refractivity contribution in [3.63, 3.8) is 0 Å². The molecule has 1 atom stereocenters. The highest BCUT2D eigenvalue weighted by atomic mass is 79.9. The molecule has 0 radical (unpaired) electrons. The summed E-state index contributed by atoms with van der Waals surface area (Å²) >= 11 is 9.57. The molecule has 2 rings (SSSR count). The molecule has 2 aromatic carbocycles. The second-order valence-electron chi connectivity index (χ2n) is 4.78. The van der Waals surface area contributed by atoms with E-state index in [-0.39, 0.29) is 17.7 Å². The van der Waals surface area contributed by atoms with Crippen LogP contribution in [0.5, 0.6) is 0 Å². The van der Waals surface area contributed by atoms with E-state index in [1.807, 2.05) is 6.92 Å². The highest BCUT2D eigenvalue weighted by Crippen LogP contribution is 2.34. The zero-order chi connectivity index (χ0) is 15.6. The summed E-state index contributed by atoms with van der Waals surface area (Å²) in [7, 11) is 0. The van der Waals surface area contributed by atoms with Gasteiger partial charge in [0.05, 0.1) is 6.04 Å². The van der Waals surface area contributed by atoms with Crippen LogP contribution < -0.4 is 5.32 Å². The number of halogens is 4. The molecule has 1 unspecified atom stereocenters. The lowest BCUT2D eigenvalue weighted by Gasteiger charge is -2.22. The molecular formula is C16H15BrClF2N. The standard InChI is InChI=1S/C16H15BrClF2N/c1-3-21-16(11-5-4-10(19)7-13(11)17)12-6-9(2)15(20)8-14(12)18/h4-8,16,21H,3H2,1-2H3. The Morgan fingerprint density at radius 2 is 1.90 bits per heavy atom. The van der Waals surface area contributed by atoms with Gasteiger partial charge in [-0.15, -0.1) is 0 Å². The number of benzene rings is 2. The van der Waals surface area contributed by atoms with Crippen molar-refractivity contribution in [2.75, 3.05) is 6.54 Å². The van der Waals surface area contributed by atoms with Crippen molar-refractivity contribution in [1.82, 2.24) is 5.32 Å². The third-order valence-electron chi connectivity index (χ3n) is 3.27. The summed E-state index contributed by atoms with van der Waals surface area (Å²) in [6.07, 6.45) is 0. The van der Waals surface area contributed by atoms with Gasteiger partial charge in [-0.2, -0.15) is 0 Å². The Kier molecular flexibility index (Phi) is 5.36. The van der Waals surface area contributed by atoms with Gasteiger partial charge in [0.15, 0.2) is 0 Å². The average molecular weight is 375 g/mol. The maximum Gasteiger partial charge on any atom is 0.127 e. The minimum Gasteiger partial charge on any atom is -0.306 e. The maximum absolute atomic E-state index is 13.6. The van der Waals surface area contributed by atoms with Crippen LogP contribution in [0, 0.1) is 18.6 Å². The van der Waals surface area contributed by atoms with Crippen LogP contribution in [-0.4, -0.2) is 6.54 Å². The predicted octanol–water partition coefficient (Wildman–Crippen LogP) is 5.39. The third kappa shape index (κ3) is 3.62. The lowest BCUT2D eigenvalue weighted by Crippen LogP contribution is -2.23. The summed E-state index contributed by atoms with van der Waals surface area (Å²) in [6, 6.07) is 7.30. The van der Waals surface area contributed by atoms with E-state index < -0.39 is 0 Å². The fourth-order valence-electron chi connectivity index (χ4n) is 2.23. The van der Waals surface area contributed by atoms with Crippen LogP contribution in [0.25, 0.3) is 0 Å². The van der Waals surface area contributed by atoms with Crippen molar-refractivity contribution in [1.29, 1.82) is 0 Å². The molecule has 0 amide bonds. The van der Waals surface area contributed by atoms with Gasteiger partial charge in [-0.1, -0.05) is 40.5 Å². The minimum absolute atomic E-state index is 0.239. The molecule has 0 bridgehead atoms. The monoisotopic (exact) mass is 373 g/mol. The molecule has 0 saturated heterocycles. The third-order valence-corrected chi connectivity index (χ3v) is 4.28. The Labute approximate surface area is 136 Å². The van der Waals surface area contributed by atoms with Gasteiger partial charge in [-0.3, -0.25) is 0 Å². The molecule has 1 N–H and O–H groups in total. The Bertz CT molecular complexity index is 661. The van der Waals surface area contributed by atoms with Gasteiger partial charge < -0.3 is 5.32 Å². The summed E-state index contributed by atoms with van der Waals surface area (Å²) in [5.41, 5.74) is 2.14. The van der Waals surface area contributed by atoms with Gasteiger partial charge in [0.1, 0.15) is 11.6 Å². The molecule has 0 aromatic heterocycles. The van der Waals surface area contributed by atoms with E-state index in [9.17, 15) is 8.78 Å². The van der Waals surface area contributed by atoms with E-state index in [2.05, 4.69) is 21.2 Å². The zero-order valence-corrected chi connectivity index (χ0v) is 14.0. The molecule has 5 heteroatoms. The second kappa shape index (κ2) is 6.86. The van der Waals surface area contributed by atoms with Crippen molar-refractivity contribution < 1.29 is 8.78 Å². The molecule has 2 aromatic rings. The predicted molar refractivity (Wildman–Crippen MR) is 85.8 cm³/mol. The van der Waals surface area contributed by atoms with Crippen LogP contribution in [0.3, 0.4) is 0 Å². The van der Waals surface area contributed by atoms with Crippen LogP contribution in [0.1, 0.15) is 29.7 Å². The van der Waals surface area contributed by atoms with E-state index in [4.69, 9.17) is 11.6 Å². The highest BCUT2D eigenvalue weighted by molar-refractivity contribution is 9.10. The average Bonchev–Trinajstić information content (AvgIpc) is 2.41. The number of rotatable bonds is 4. The molecule has 0 saturated carbocycles. The Balaban J connectivity index is 2.55. The van der Waals surface area contributed by atoms with Crippen molar-refractivity contribution in [2.24, 2.45) is 0 Å². The SMILES string of the molecule is CCNC(c1cc(C)c(F)cc1Cl)c1ccc(F)cc1Br. The van der Waals surface area contributed by atoms with Crippen LogP contribution in [0.15, 0.2) is 34.8 Å². The van der Waals surface area contributed by atoms with E-state index in [1.165, 1.54) is 18.2 Å². The first-order valence-electron chi connectivity index (χ1n) is 6.58. The fourth-order valence-corrected chi connectivity index (χ4v) is 3.07. The molecule has 0 spiro atoms. The molecule has 1 nitrogen and oxygen atoms in total. The quantitative estimate of drug-likeness (QED) is 0.757. The van der Waals surface area contributed by atoms with Gasteiger partial charge in [0.2, 0.25) is 0 Å². The molecule has 0 fully saturated rings. The first-order chi connectivity index (χ1) is 9.93. The Morgan fingerprint density at radius 1 is 1.19 bits per heavy atom. The summed E-state index contributed by atoms with van der Waals surface area (Å²) in [4.78, 5) is 0. The van der Waals surface area contributed by atoms with Crippen LogP contribution in [-0.2, 0) is 0 Å². The smallest absolute Gasteiger partial charge is 0.127 e. The fraction of sp³-hybridized carbons (Fsp3) is 0.250. The Hall–Kier alpha value is -0.970. The van der Waals surface area contributed by atoms with Crippen LogP contribution in [0.2, 0.25) is 5.02 Å². The molecule has 21 heavy (non-hydrogen) atoms. The van der Waals surface area contributed by atoms with E-state index in [0.717, 1.165) is 11.1 Å². The molecule has 0 aliphatic rings. The second-order valence-corrected chi connectivity index (χ2v) is 6.04. The number of nitrogens with one attached hydrogen (secondary N) is 1. The summed E-state index contributed by atoms with van der Waals surface area (Å²) in [5, 5.41) is 3.65. The van der Waals surface area contributed by atoms with Crippen LogP contribution >= 0.6 is 27.5 Å². The van der Waals surface area contributed by atoms with Crippen LogP contribution in [0.4, 0.5) is 8.78 Å². The zero-order valence-electron chi connectivity index (χ0n) is 11.7. The van der Waals surface area contributed by atoms with Gasteiger partial charge in [0.25, 0.3) is 0 Å². The normalized spacial score (nSPS) is 12.5. The number of hydrogen-bond donors (Lipinski definition) is 1. The lowest BCUT2D eigenvalue weighted by molar-refractivity contribution is 0.601. The number of aryl methyl sites for hydroxylation is 1. The highest BCUT2D eigenvalue weighted by Gasteiger charge is 2.20. The van der Waals surface area contributed by atoms with Gasteiger partial charge >= 0.3 is 0 Å². The Morgan fingerprint density at radius 3 is 2.52 bits per heavy atom. The molecule has 0 aliphatic carbocycles. The largest absolute Gasteiger partial charge is 0.306 e. The van der Waals surface area contributed by atoms with Gasteiger partial charge in [-0.05, 0) is 54.4 Å². The van der Waals surface area contributed by atoms with Gasteiger partial charge in [0, 0.05) is 9.50 Å². The molecule has 0 aliphatic heterocycles. The summed E-state index contributed by atoms with van der Waals surface area (Å²) < 4.78 is 27.5. The first-order valence-corrected chi connectivity index (χ1v) is 7.75. The molecule has 0 heterocycles.